The zero-order valence-corrected chi connectivity index (χ0v) is 12.3. The molecule has 0 atom stereocenters. The number of hydrogen-bond acceptors (Lipinski definition) is 5. The van der Waals surface area contributed by atoms with E-state index in [1.54, 1.807) is 0 Å². The number of allylic oxidation sites excluding steroid dienone is 1. The van der Waals surface area contributed by atoms with Crippen molar-refractivity contribution in [2.75, 3.05) is 26.9 Å². The van der Waals surface area contributed by atoms with Crippen molar-refractivity contribution in [1.82, 2.24) is 10.6 Å². The molecule has 0 aliphatic heterocycles. The number of ether oxygens (including phenoxy) is 2. The predicted octanol–water partition coefficient (Wildman–Crippen LogP) is 0.892. The van der Waals surface area contributed by atoms with Crippen molar-refractivity contribution in [2.45, 2.75) is 32.1 Å². The molecule has 118 valence electrons. The number of nitrogens with one attached hydrogen (secondary N) is 2. The van der Waals surface area contributed by atoms with E-state index in [1.807, 2.05) is 0 Å². The average Bonchev–Trinajstić information content (AvgIpc) is 2.46. The van der Waals surface area contributed by atoms with Crippen LogP contribution in [0.3, 0.4) is 0 Å². The SMILES string of the molecule is COCC(=O)OCC(=O)NC(=O)NCCC1=CCCCC1. The zero-order valence-electron chi connectivity index (χ0n) is 12.3. The lowest BCUT2D eigenvalue weighted by Gasteiger charge is -2.13. The monoisotopic (exact) mass is 298 g/mol. The van der Waals surface area contributed by atoms with Gasteiger partial charge in [-0.05, 0) is 32.1 Å². The molecule has 0 aromatic rings. The van der Waals surface area contributed by atoms with Crippen LogP contribution in [0.2, 0.25) is 0 Å². The summed E-state index contributed by atoms with van der Waals surface area (Å²) in [7, 11) is 1.34. The van der Waals surface area contributed by atoms with Crippen molar-refractivity contribution in [3.05, 3.63) is 11.6 Å². The molecule has 2 N–H and O–H groups in total. The Morgan fingerprint density at radius 3 is 2.71 bits per heavy atom. The minimum absolute atomic E-state index is 0.228. The number of urea groups is 1. The van der Waals surface area contributed by atoms with E-state index in [-0.39, 0.29) is 6.61 Å². The Hall–Kier alpha value is -1.89. The molecule has 0 bridgehead atoms. The van der Waals surface area contributed by atoms with Crippen molar-refractivity contribution in [1.29, 1.82) is 0 Å². The van der Waals surface area contributed by atoms with Crippen LogP contribution in [0.25, 0.3) is 0 Å². The summed E-state index contributed by atoms with van der Waals surface area (Å²) in [5.74, 6) is -1.33. The van der Waals surface area contributed by atoms with Gasteiger partial charge in [0.25, 0.3) is 5.91 Å². The molecule has 0 fully saturated rings. The fourth-order valence-corrected chi connectivity index (χ4v) is 1.98. The fourth-order valence-electron chi connectivity index (χ4n) is 1.98. The average molecular weight is 298 g/mol. The molecule has 7 nitrogen and oxygen atoms in total. The van der Waals surface area contributed by atoms with Gasteiger partial charge in [-0.25, -0.2) is 9.59 Å². The van der Waals surface area contributed by atoms with Crippen molar-refractivity contribution in [3.8, 4) is 0 Å². The summed E-state index contributed by atoms with van der Waals surface area (Å²) >= 11 is 0. The van der Waals surface area contributed by atoms with Gasteiger partial charge < -0.3 is 14.8 Å². The maximum atomic E-state index is 11.4. The minimum atomic E-state index is -0.672. The maximum Gasteiger partial charge on any atom is 0.332 e. The fraction of sp³-hybridized carbons (Fsp3) is 0.643. The van der Waals surface area contributed by atoms with E-state index in [0.717, 1.165) is 19.3 Å². The molecule has 0 aromatic carbocycles. The molecule has 0 radical (unpaired) electrons. The third kappa shape index (κ3) is 8.09. The standard InChI is InChI=1S/C14H22N2O5/c1-20-10-13(18)21-9-12(17)16-14(19)15-8-7-11-5-3-2-4-6-11/h5H,2-4,6-10H2,1H3,(H2,15,16,17,19). The molecular formula is C14H22N2O5. The smallest absolute Gasteiger partial charge is 0.332 e. The van der Waals surface area contributed by atoms with Gasteiger partial charge in [-0.1, -0.05) is 11.6 Å². The van der Waals surface area contributed by atoms with Crippen LogP contribution in [0.15, 0.2) is 11.6 Å². The first-order chi connectivity index (χ1) is 10.1. The summed E-state index contributed by atoms with van der Waals surface area (Å²) in [5, 5.41) is 4.69. The largest absolute Gasteiger partial charge is 0.454 e. The van der Waals surface area contributed by atoms with Crippen molar-refractivity contribution in [3.63, 3.8) is 0 Å². The van der Waals surface area contributed by atoms with E-state index < -0.39 is 24.5 Å². The van der Waals surface area contributed by atoms with E-state index >= 15 is 0 Å². The zero-order chi connectivity index (χ0) is 15.5. The van der Waals surface area contributed by atoms with Gasteiger partial charge in [0.05, 0.1) is 0 Å². The molecule has 0 aromatic heterocycles. The van der Waals surface area contributed by atoms with Crippen molar-refractivity contribution >= 4 is 17.9 Å². The normalized spacial score (nSPS) is 14.0. The van der Waals surface area contributed by atoms with Crippen molar-refractivity contribution in [2.24, 2.45) is 0 Å². The summed E-state index contributed by atoms with van der Waals surface area (Å²) in [4.78, 5) is 33.7. The van der Waals surface area contributed by atoms with E-state index in [4.69, 9.17) is 0 Å². The molecule has 3 amide bonds. The lowest BCUT2D eigenvalue weighted by atomic mass is 9.97. The van der Waals surface area contributed by atoms with Crippen LogP contribution in [0.5, 0.6) is 0 Å². The third-order valence-electron chi connectivity index (χ3n) is 3.00. The molecule has 1 aliphatic rings. The van der Waals surface area contributed by atoms with E-state index in [2.05, 4.69) is 26.2 Å². The quantitative estimate of drug-likeness (QED) is 0.538. The Kier molecular flexibility index (Phi) is 8.11. The molecule has 1 aliphatic carbocycles. The Bertz CT molecular complexity index is 406. The maximum absolute atomic E-state index is 11.4. The van der Waals surface area contributed by atoms with Crippen LogP contribution >= 0.6 is 0 Å². The number of amides is 3. The molecule has 0 spiro atoms. The van der Waals surface area contributed by atoms with Gasteiger partial charge in [0.2, 0.25) is 0 Å². The first-order valence-corrected chi connectivity index (χ1v) is 7.02. The second-order valence-corrected chi connectivity index (χ2v) is 4.76. The highest BCUT2D eigenvalue weighted by atomic mass is 16.6. The molecule has 0 saturated heterocycles. The van der Waals surface area contributed by atoms with Crippen LogP contribution in [-0.2, 0) is 19.1 Å². The Labute approximate surface area is 124 Å². The third-order valence-corrected chi connectivity index (χ3v) is 3.00. The van der Waals surface area contributed by atoms with Gasteiger partial charge in [-0.15, -0.1) is 0 Å². The number of imide groups is 1. The first-order valence-electron chi connectivity index (χ1n) is 7.02. The lowest BCUT2D eigenvalue weighted by molar-refractivity contribution is -0.151. The van der Waals surface area contributed by atoms with Crippen LogP contribution in [-0.4, -0.2) is 44.8 Å². The second-order valence-electron chi connectivity index (χ2n) is 4.76. The van der Waals surface area contributed by atoms with E-state index in [1.165, 1.54) is 25.5 Å². The molecule has 0 heterocycles. The summed E-state index contributed by atoms with van der Waals surface area (Å²) in [5.41, 5.74) is 1.35. The Morgan fingerprint density at radius 2 is 2.05 bits per heavy atom. The number of hydrogen-bond donors (Lipinski definition) is 2. The molecule has 1 rings (SSSR count). The summed E-state index contributed by atoms with van der Waals surface area (Å²) in [6.07, 6.45) is 7.62. The number of carbonyl (C=O) groups excluding carboxylic acids is 3. The molecular weight excluding hydrogens is 276 g/mol. The predicted molar refractivity (Wildman–Crippen MR) is 75.5 cm³/mol. The topological polar surface area (TPSA) is 93.7 Å². The molecule has 0 unspecified atom stereocenters. The van der Waals surface area contributed by atoms with Crippen molar-refractivity contribution < 1.29 is 23.9 Å². The highest BCUT2D eigenvalue weighted by molar-refractivity contribution is 5.95. The van der Waals surface area contributed by atoms with Gasteiger partial charge in [0.15, 0.2) is 6.61 Å². The summed E-state index contributed by atoms with van der Waals surface area (Å²) in [6.45, 7) is -0.246. The number of carbonyl (C=O) groups is 3. The van der Waals surface area contributed by atoms with E-state index in [9.17, 15) is 14.4 Å². The number of methoxy groups -OCH3 is 1. The highest BCUT2D eigenvalue weighted by Crippen LogP contribution is 2.19. The molecule has 21 heavy (non-hydrogen) atoms. The first kappa shape index (κ1) is 17.2. The highest BCUT2D eigenvalue weighted by Gasteiger charge is 2.10. The van der Waals surface area contributed by atoms with Gasteiger partial charge in [0, 0.05) is 13.7 Å². The lowest BCUT2D eigenvalue weighted by Crippen LogP contribution is -2.42. The van der Waals surface area contributed by atoms with Gasteiger partial charge in [-0.3, -0.25) is 10.1 Å². The minimum Gasteiger partial charge on any atom is -0.454 e. The summed E-state index contributed by atoms with van der Waals surface area (Å²) in [6, 6.07) is -0.584. The van der Waals surface area contributed by atoms with E-state index in [0.29, 0.717) is 6.54 Å². The Morgan fingerprint density at radius 1 is 1.24 bits per heavy atom. The number of rotatable bonds is 7. The van der Waals surface area contributed by atoms with Gasteiger partial charge in [-0.2, -0.15) is 0 Å². The van der Waals surface area contributed by atoms with Crippen LogP contribution < -0.4 is 10.6 Å². The molecule has 0 saturated carbocycles. The number of esters is 1. The van der Waals surface area contributed by atoms with Crippen LogP contribution in [0.4, 0.5) is 4.79 Å². The molecule has 7 heteroatoms. The Balaban J connectivity index is 2.10. The van der Waals surface area contributed by atoms with Gasteiger partial charge >= 0.3 is 12.0 Å². The summed E-state index contributed by atoms with van der Waals surface area (Å²) < 4.78 is 9.12. The van der Waals surface area contributed by atoms with Gasteiger partial charge in [0.1, 0.15) is 6.61 Å². The van der Waals surface area contributed by atoms with Crippen LogP contribution in [0, 0.1) is 0 Å². The van der Waals surface area contributed by atoms with Crippen LogP contribution in [0.1, 0.15) is 32.1 Å². The second kappa shape index (κ2) is 9.93.